The summed E-state index contributed by atoms with van der Waals surface area (Å²) in [5.74, 6) is 0. The van der Waals surface area contributed by atoms with E-state index in [-0.39, 0.29) is 16.4 Å². The van der Waals surface area contributed by atoms with Crippen LogP contribution in [0.4, 0.5) is 5.69 Å². The van der Waals surface area contributed by atoms with Gasteiger partial charge < -0.3 is 5.32 Å². The molecule has 0 fully saturated rings. The van der Waals surface area contributed by atoms with E-state index < -0.39 is 0 Å². The van der Waals surface area contributed by atoms with E-state index >= 15 is 0 Å². The summed E-state index contributed by atoms with van der Waals surface area (Å²) in [5, 5.41) is 3.91. The Morgan fingerprint density at radius 1 is 0.556 bits per heavy atom. The third-order valence-electron chi connectivity index (χ3n) is 9.30. The van der Waals surface area contributed by atoms with Gasteiger partial charge in [-0.1, -0.05) is 102 Å². The maximum atomic E-state index is 3.91. The number of anilines is 1. The van der Waals surface area contributed by atoms with E-state index in [2.05, 4.69) is 132 Å². The number of rotatable bonds is 5. The summed E-state index contributed by atoms with van der Waals surface area (Å²) in [5.41, 5.74) is 13.9. The lowest BCUT2D eigenvalue weighted by Gasteiger charge is -2.36. The number of hydrogen-bond donors (Lipinski definition) is 1. The minimum Gasteiger partial charge on any atom is -0.376 e. The van der Waals surface area contributed by atoms with Crippen molar-refractivity contribution in [3.8, 4) is 22.3 Å². The highest BCUT2D eigenvalue weighted by Crippen LogP contribution is 2.56. The Bertz CT molecular complexity index is 1470. The molecule has 0 unspecified atom stereocenters. The van der Waals surface area contributed by atoms with Crippen LogP contribution in [-0.4, -0.2) is 0 Å². The zero-order valence-electron chi connectivity index (χ0n) is 22.5. The second-order valence-electron chi connectivity index (χ2n) is 11.8. The molecule has 0 aromatic heterocycles. The quantitative estimate of drug-likeness (QED) is 0.306. The molecule has 0 saturated heterocycles. The summed E-state index contributed by atoms with van der Waals surface area (Å²) < 4.78 is 0. The van der Waals surface area contributed by atoms with E-state index in [1.54, 1.807) is 0 Å². The number of nitrogens with one attached hydrogen (secondary N) is 1. The second kappa shape index (κ2) is 7.84. The standard InChI is InChI=1S/C35H37N/c1-7-35(8-2,36-24-14-10-9-11-15-24)23-18-19-26-28-22-31-27(21-32(28)34(5,6)30(26)20-23)25-16-12-13-17-29(25)33(31,3)4/h9-22,36H,7-8H2,1-6H3. The molecule has 0 heterocycles. The topological polar surface area (TPSA) is 12.0 Å². The highest BCUT2D eigenvalue weighted by Gasteiger charge is 2.42. The Morgan fingerprint density at radius 2 is 1.08 bits per heavy atom. The Balaban J connectivity index is 1.49. The molecule has 36 heavy (non-hydrogen) atoms. The lowest BCUT2D eigenvalue weighted by atomic mass is 9.77. The molecule has 1 heteroatoms. The normalized spacial score (nSPS) is 16.2. The zero-order chi connectivity index (χ0) is 25.3. The van der Waals surface area contributed by atoms with E-state index in [4.69, 9.17) is 0 Å². The van der Waals surface area contributed by atoms with Gasteiger partial charge in [0, 0.05) is 16.5 Å². The van der Waals surface area contributed by atoms with Gasteiger partial charge in [0.05, 0.1) is 5.54 Å². The van der Waals surface area contributed by atoms with Gasteiger partial charge in [-0.15, -0.1) is 0 Å². The van der Waals surface area contributed by atoms with Crippen LogP contribution in [0.25, 0.3) is 22.3 Å². The van der Waals surface area contributed by atoms with Crippen LogP contribution in [0.1, 0.15) is 82.2 Å². The maximum absolute atomic E-state index is 3.91. The Morgan fingerprint density at radius 3 is 1.72 bits per heavy atom. The summed E-state index contributed by atoms with van der Waals surface area (Å²) in [4.78, 5) is 0. The molecular formula is C35H37N. The van der Waals surface area contributed by atoms with Crippen LogP contribution in [0, 0.1) is 0 Å². The maximum Gasteiger partial charge on any atom is 0.0620 e. The van der Waals surface area contributed by atoms with Crippen LogP contribution in [0.3, 0.4) is 0 Å². The Hall–Kier alpha value is -3.32. The van der Waals surface area contributed by atoms with Crippen molar-refractivity contribution < 1.29 is 0 Å². The van der Waals surface area contributed by atoms with Crippen molar-refractivity contribution in [1.82, 2.24) is 0 Å². The SMILES string of the molecule is CCC(CC)(Nc1ccccc1)c1ccc2c(c1)C(C)(C)c1cc3c(cc1-2)C(C)(C)c1ccccc1-3. The zero-order valence-corrected chi connectivity index (χ0v) is 22.5. The third-order valence-corrected chi connectivity index (χ3v) is 9.30. The average molecular weight is 472 g/mol. The summed E-state index contributed by atoms with van der Waals surface area (Å²) in [6.07, 6.45) is 2.06. The molecule has 182 valence electrons. The molecule has 2 aliphatic carbocycles. The molecule has 4 aromatic carbocycles. The van der Waals surface area contributed by atoms with Crippen LogP contribution in [0.2, 0.25) is 0 Å². The molecule has 0 atom stereocenters. The fourth-order valence-electron chi connectivity index (χ4n) is 6.93. The van der Waals surface area contributed by atoms with Crippen LogP contribution >= 0.6 is 0 Å². The van der Waals surface area contributed by atoms with Gasteiger partial charge in [0.2, 0.25) is 0 Å². The molecular weight excluding hydrogens is 434 g/mol. The third kappa shape index (κ3) is 3.08. The van der Waals surface area contributed by atoms with E-state index in [9.17, 15) is 0 Å². The van der Waals surface area contributed by atoms with Gasteiger partial charge in [-0.2, -0.15) is 0 Å². The van der Waals surface area contributed by atoms with Crippen LogP contribution in [0.5, 0.6) is 0 Å². The smallest absolute Gasteiger partial charge is 0.0620 e. The highest BCUT2D eigenvalue weighted by molar-refractivity contribution is 5.89. The minimum atomic E-state index is -0.0933. The van der Waals surface area contributed by atoms with Crippen LogP contribution in [0.15, 0.2) is 84.9 Å². The fourth-order valence-corrected chi connectivity index (χ4v) is 6.93. The van der Waals surface area contributed by atoms with E-state index in [1.807, 2.05) is 0 Å². The van der Waals surface area contributed by atoms with Crippen molar-refractivity contribution in [2.45, 2.75) is 70.8 Å². The number of fused-ring (bicyclic) bond motifs is 6. The molecule has 1 N–H and O–H groups in total. The largest absolute Gasteiger partial charge is 0.376 e. The first-order valence-electron chi connectivity index (χ1n) is 13.5. The molecule has 0 bridgehead atoms. The highest BCUT2D eigenvalue weighted by atomic mass is 15.0. The first-order valence-corrected chi connectivity index (χ1v) is 13.5. The molecule has 0 saturated carbocycles. The molecule has 0 spiro atoms. The van der Waals surface area contributed by atoms with E-state index in [0.717, 1.165) is 12.8 Å². The van der Waals surface area contributed by atoms with E-state index in [0.29, 0.717) is 0 Å². The summed E-state index contributed by atoms with van der Waals surface area (Å²) in [7, 11) is 0. The molecule has 1 nitrogen and oxygen atoms in total. The van der Waals surface area contributed by atoms with Crippen molar-refractivity contribution in [3.05, 3.63) is 113 Å². The fraction of sp³-hybridized carbons (Fsp3) is 0.314. The van der Waals surface area contributed by atoms with Gasteiger partial charge in [-0.3, -0.25) is 0 Å². The van der Waals surface area contributed by atoms with Gasteiger partial charge in [-0.25, -0.2) is 0 Å². The van der Waals surface area contributed by atoms with Gasteiger partial charge in [0.25, 0.3) is 0 Å². The molecule has 0 amide bonds. The van der Waals surface area contributed by atoms with Gasteiger partial charge in [-0.05, 0) is 87.2 Å². The van der Waals surface area contributed by atoms with Crippen LogP contribution in [-0.2, 0) is 16.4 Å². The van der Waals surface area contributed by atoms with Crippen molar-refractivity contribution in [2.24, 2.45) is 0 Å². The number of benzene rings is 4. The lowest BCUT2D eigenvalue weighted by Crippen LogP contribution is -2.34. The molecule has 2 aliphatic rings. The Kier molecular flexibility index (Phi) is 5.03. The predicted octanol–water partition coefficient (Wildman–Crippen LogP) is 9.43. The molecule has 6 rings (SSSR count). The predicted molar refractivity (Wildman–Crippen MR) is 154 cm³/mol. The second-order valence-corrected chi connectivity index (χ2v) is 11.8. The molecule has 0 aliphatic heterocycles. The number of hydrogen-bond acceptors (Lipinski definition) is 1. The Labute approximate surface area is 216 Å². The average Bonchev–Trinajstić information content (AvgIpc) is 3.26. The van der Waals surface area contributed by atoms with Crippen LogP contribution < -0.4 is 5.32 Å². The summed E-state index contributed by atoms with van der Waals surface area (Å²) in [6, 6.07) is 31.9. The van der Waals surface area contributed by atoms with E-state index in [1.165, 1.54) is 55.8 Å². The van der Waals surface area contributed by atoms with Gasteiger partial charge >= 0.3 is 0 Å². The van der Waals surface area contributed by atoms with Crippen molar-refractivity contribution in [2.75, 3.05) is 5.32 Å². The summed E-state index contributed by atoms with van der Waals surface area (Å²) >= 11 is 0. The van der Waals surface area contributed by atoms with Gasteiger partial charge in [0.15, 0.2) is 0 Å². The molecule has 4 aromatic rings. The van der Waals surface area contributed by atoms with Gasteiger partial charge in [0.1, 0.15) is 0 Å². The first-order chi connectivity index (χ1) is 17.2. The molecule has 0 radical (unpaired) electrons. The lowest BCUT2D eigenvalue weighted by molar-refractivity contribution is 0.453. The first kappa shape index (κ1) is 23.1. The monoisotopic (exact) mass is 471 g/mol. The van der Waals surface area contributed by atoms with Crippen molar-refractivity contribution in [3.63, 3.8) is 0 Å². The minimum absolute atomic E-state index is 0.0208. The number of para-hydroxylation sites is 1. The van der Waals surface area contributed by atoms with Crippen molar-refractivity contribution >= 4 is 5.69 Å². The summed E-state index contributed by atoms with van der Waals surface area (Å²) in [6.45, 7) is 14.2. The van der Waals surface area contributed by atoms with Crippen molar-refractivity contribution in [1.29, 1.82) is 0 Å².